The van der Waals surface area contributed by atoms with Crippen molar-refractivity contribution in [1.82, 2.24) is 5.32 Å². The second-order valence-corrected chi connectivity index (χ2v) is 5.28. The van der Waals surface area contributed by atoms with E-state index >= 15 is 0 Å². The summed E-state index contributed by atoms with van der Waals surface area (Å²) in [5.74, 6) is -0.671. The summed E-state index contributed by atoms with van der Waals surface area (Å²) < 4.78 is 4.85. The summed E-state index contributed by atoms with van der Waals surface area (Å²) in [4.78, 5) is 24.8. The van der Waals surface area contributed by atoms with Gasteiger partial charge in [0, 0.05) is 11.3 Å². The second-order valence-electron chi connectivity index (χ2n) is 5.28. The number of methoxy groups -OCH3 is 1. The Bertz CT molecular complexity index is 835. The first-order valence-electron chi connectivity index (χ1n) is 7.99. The van der Waals surface area contributed by atoms with Crippen molar-refractivity contribution >= 4 is 11.9 Å². The van der Waals surface area contributed by atoms with E-state index in [2.05, 4.69) is 5.32 Å². The van der Waals surface area contributed by atoms with Crippen LogP contribution in [0.4, 0.5) is 0 Å². The summed E-state index contributed by atoms with van der Waals surface area (Å²) in [6.07, 6.45) is 5.50. The molecule has 0 saturated carbocycles. The van der Waals surface area contributed by atoms with Crippen molar-refractivity contribution in [2.45, 2.75) is 13.8 Å². The molecule has 0 aliphatic rings. The van der Waals surface area contributed by atoms with Gasteiger partial charge in [0.05, 0.1) is 12.7 Å². The number of amides is 1. The van der Waals surface area contributed by atoms with Crippen LogP contribution in [0.1, 0.15) is 34.6 Å². The number of benzene rings is 2. The number of hydrogen-bond donors (Lipinski definition) is 1. The van der Waals surface area contributed by atoms with E-state index in [4.69, 9.17) is 4.74 Å². The maximum absolute atomic E-state index is 12.7. The number of ether oxygens (including phenoxy) is 1. The Morgan fingerprint density at radius 3 is 2.04 bits per heavy atom. The lowest BCUT2D eigenvalue weighted by atomic mass is 9.95. The van der Waals surface area contributed by atoms with Gasteiger partial charge in [-0.2, -0.15) is 0 Å². The maximum Gasteiger partial charge on any atom is 0.338 e. The normalized spacial score (nSPS) is 11.4. The summed E-state index contributed by atoms with van der Waals surface area (Å²) in [6.45, 7) is 3.74. The van der Waals surface area contributed by atoms with Gasteiger partial charge in [-0.1, -0.05) is 48.6 Å². The molecule has 128 valence electrons. The van der Waals surface area contributed by atoms with Crippen LogP contribution < -0.4 is 5.32 Å². The smallest absolute Gasteiger partial charge is 0.338 e. The highest BCUT2D eigenvalue weighted by Crippen LogP contribution is 2.28. The van der Waals surface area contributed by atoms with E-state index in [0.29, 0.717) is 28.0 Å². The number of carbonyl (C=O) groups is 2. The largest absolute Gasteiger partial charge is 0.465 e. The van der Waals surface area contributed by atoms with Crippen LogP contribution in [0.2, 0.25) is 0 Å². The van der Waals surface area contributed by atoms with Crippen molar-refractivity contribution in [2.75, 3.05) is 7.11 Å². The molecule has 0 heterocycles. The molecule has 0 spiro atoms. The zero-order chi connectivity index (χ0) is 18.2. The fraction of sp³-hybridized carbons (Fsp3) is 0.143. The lowest BCUT2D eigenvalue weighted by Crippen LogP contribution is -2.22. The minimum Gasteiger partial charge on any atom is -0.465 e. The fourth-order valence-electron chi connectivity index (χ4n) is 2.51. The predicted molar refractivity (Wildman–Crippen MR) is 99.3 cm³/mol. The number of carbonyl (C=O) groups excluding carboxylic acids is 2. The molecule has 0 aromatic heterocycles. The van der Waals surface area contributed by atoms with E-state index in [1.54, 1.807) is 30.3 Å². The monoisotopic (exact) mass is 335 g/mol. The van der Waals surface area contributed by atoms with E-state index in [0.717, 1.165) is 0 Å². The van der Waals surface area contributed by atoms with Crippen molar-refractivity contribution in [1.29, 1.82) is 0 Å². The van der Waals surface area contributed by atoms with Crippen molar-refractivity contribution in [3.05, 3.63) is 83.6 Å². The minimum absolute atomic E-state index is 0.235. The Morgan fingerprint density at radius 1 is 0.920 bits per heavy atom. The highest BCUT2D eigenvalue weighted by Gasteiger charge is 2.18. The minimum atomic E-state index is -0.436. The lowest BCUT2D eigenvalue weighted by Gasteiger charge is -2.13. The summed E-state index contributed by atoms with van der Waals surface area (Å²) in [7, 11) is 1.34. The number of allylic oxidation sites excluding steroid dienone is 3. The molecule has 0 aliphatic carbocycles. The standard InChI is InChI=1S/C21H21NO3/c1-4-10-15(5-2)22-20(23)18-13-8-6-11-16(18)17-12-7-9-14-19(17)21(24)25-3/h4-14H,1-3H3,(H,22,23)/b10-4-,15-5+. The molecule has 0 aliphatic heterocycles. The van der Waals surface area contributed by atoms with Gasteiger partial charge in [-0.05, 0) is 43.2 Å². The molecule has 2 aromatic carbocycles. The molecule has 1 N–H and O–H groups in total. The molecule has 1 amide bonds. The quantitative estimate of drug-likeness (QED) is 0.653. The van der Waals surface area contributed by atoms with Gasteiger partial charge in [-0.15, -0.1) is 0 Å². The highest BCUT2D eigenvalue weighted by molar-refractivity contribution is 6.05. The van der Waals surface area contributed by atoms with Gasteiger partial charge >= 0.3 is 5.97 Å². The van der Waals surface area contributed by atoms with Crippen LogP contribution in [0.3, 0.4) is 0 Å². The molecule has 4 nitrogen and oxygen atoms in total. The van der Waals surface area contributed by atoms with Crippen LogP contribution in [0, 0.1) is 0 Å². The summed E-state index contributed by atoms with van der Waals surface area (Å²) >= 11 is 0. The molecule has 4 heteroatoms. The highest BCUT2D eigenvalue weighted by atomic mass is 16.5. The van der Waals surface area contributed by atoms with Crippen molar-refractivity contribution < 1.29 is 14.3 Å². The third-order valence-electron chi connectivity index (χ3n) is 3.71. The fourth-order valence-corrected chi connectivity index (χ4v) is 2.51. The Balaban J connectivity index is 2.50. The molecule has 0 saturated heterocycles. The summed E-state index contributed by atoms with van der Waals surface area (Å²) in [5, 5.41) is 2.88. The molecule has 0 radical (unpaired) electrons. The van der Waals surface area contributed by atoms with E-state index in [1.807, 2.05) is 50.3 Å². The van der Waals surface area contributed by atoms with Crippen molar-refractivity contribution in [3.63, 3.8) is 0 Å². The third kappa shape index (κ3) is 4.23. The van der Waals surface area contributed by atoms with E-state index in [-0.39, 0.29) is 5.91 Å². The zero-order valence-corrected chi connectivity index (χ0v) is 14.6. The van der Waals surface area contributed by atoms with Gasteiger partial charge in [0.15, 0.2) is 0 Å². The molecular formula is C21H21NO3. The number of nitrogens with one attached hydrogen (secondary N) is 1. The van der Waals surface area contributed by atoms with Gasteiger partial charge in [-0.3, -0.25) is 4.79 Å². The van der Waals surface area contributed by atoms with Crippen LogP contribution >= 0.6 is 0 Å². The molecule has 25 heavy (non-hydrogen) atoms. The van der Waals surface area contributed by atoms with Crippen LogP contribution in [0.25, 0.3) is 11.1 Å². The topological polar surface area (TPSA) is 55.4 Å². The first-order valence-corrected chi connectivity index (χ1v) is 7.99. The van der Waals surface area contributed by atoms with Crippen LogP contribution in [0.15, 0.2) is 72.5 Å². The summed E-state index contributed by atoms with van der Waals surface area (Å²) in [5.41, 5.74) is 2.96. The molecular weight excluding hydrogens is 314 g/mol. The van der Waals surface area contributed by atoms with Crippen molar-refractivity contribution in [2.24, 2.45) is 0 Å². The first-order chi connectivity index (χ1) is 12.1. The van der Waals surface area contributed by atoms with Crippen LogP contribution in [-0.2, 0) is 4.74 Å². The Labute approximate surface area is 147 Å². The van der Waals surface area contributed by atoms with Crippen LogP contribution in [0.5, 0.6) is 0 Å². The molecule has 0 atom stereocenters. The summed E-state index contributed by atoms with van der Waals surface area (Å²) in [6, 6.07) is 14.3. The van der Waals surface area contributed by atoms with E-state index in [1.165, 1.54) is 7.11 Å². The number of esters is 1. The van der Waals surface area contributed by atoms with Gasteiger partial charge in [0.25, 0.3) is 5.91 Å². The van der Waals surface area contributed by atoms with Gasteiger partial charge in [0.1, 0.15) is 0 Å². The predicted octanol–water partition coefficient (Wildman–Crippen LogP) is 4.35. The van der Waals surface area contributed by atoms with Crippen molar-refractivity contribution in [3.8, 4) is 11.1 Å². The second kappa shape index (κ2) is 8.64. The molecule has 2 aromatic rings. The average molecular weight is 335 g/mol. The van der Waals surface area contributed by atoms with Gasteiger partial charge < -0.3 is 10.1 Å². The molecule has 0 bridgehead atoms. The van der Waals surface area contributed by atoms with E-state index < -0.39 is 5.97 Å². The SMILES string of the molecule is C/C=C\C(=C/C)NC(=O)c1ccccc1-c1ccccc1C(=O)OC. The Morgan fingerprint density at radius 2 is 1.48 bits per heavy atom. The lowest BCUT2D eigenvalue weighted by molar-refractivity contribution is 0.0601. The molecule has 2 rings (SSSR count). The Hall–Kier alpha value is -3.14. The number of rotatable bonds is 5. The third-order valence-corrected chi connectivity index (χ3v) is 3.71. The van der Waals surface area contributed by atoms with Gasteiger partial charge in [-0.25, -0.2) is 4.79 Å². The van der Waals surface area contributed by atoms with Gasteiger partial charge in [0.2, 0.25) is 0 Å². The van der Waals surface area contributed by atoms with Crippen LogP contribution in [-0.4, -0.2) is 19.0 Å². The zero-order valence-electron chi connectivity index (χ0n) is 14.6. The average Bonchev–Trinajstić information content (AvgIpc) is 2.66. The maximum atomic E-state index is 12.7. The molecule has 0 fully saturated rings. The first kappa shape index (κ1) is 18.2. The number of hydrogen-bond acceptors (Lipinski definition) is 3. The van der Waals surface area contributed by atoms with E-state index in [9.17, 15) is 9.59 Å². The Kier molecular flexibility index (Phi) is 6.29. The molecule has 0 unspecified atom stereocenters.